The first kappa shape index (κ1) is 19.0. The van der Waals surface area contributed by atoms with E-state index in [1.807, 2.05) is 53.9 Å². The summed E-state index contributed by atoms with van der Waals surface area (Å²) in [5.41, 5.74) is 2.82. The van der Waals surface area contributed by atoms with E-state index in [4.69, 9.17) is 14.5 Å². The minimum absolute atomic E-state index is 0.00925. The third kappa shape index (κ3) is 3.32. The maximum Gasteiger partial charge on any atom is 0.279 e. The Morgan fingerprint density at radius 2 is 2.23 bits per heavy atom. The van der Waals surface area contributed by atoms with Gasteiger partial charge in [-0.1, -0.05) is 17.4 Å². The van der Waals surface area contributed by atoms with Crippen molar-refractivity contribution in [3.8, 4) is 5.75 Å². The fourth-order valence-corrected chi connectivity index (χ4v) is 4.83. The number of hydrogen-bond acceptors (Lipinski definition) is 6. The highest BCUT2D eigenvalue weighted by atomic mass is 32.1. The smallest absolute Gasteiger partial charge is 0.279 e. The van der Waals surface area contributed by atoms with Crippen molar-refractivity contribution in [2.45, 2.75) is 25.9 Å². The fourth-order valence-electron chi connectivity index (χ4n) is 3.88. The Morgan fingerprint density at radius 3 is 3.03 bits per heavy atom. The predicted molar refractivity (Wildman–Crippen MR) is 117 cm³/mol. The number of rotatable bonds is 5. The highest BCUT2D eigenvalue weighted by Gasteiger charge is 2.30. The van der Waals surface area contributed by atoms with Crippen molar-refractivity contribution in [2.24, 2.45) is 0 Å². The van der Waals surface area contributed by atoms with E-state index in [1.54, 1.807) is 12.0 Å². The quantitative estimate of drug-likeness (QED) is 0.485. The van der Waals surface area contributed by atoms with Crippen molar-refractivity contribution in [1.29, 1.82) is 0 Å². The fraction of sp³-hybridized carbons (Fsp3) is 0.318. The number of carbonyl (C=O) groups excluding carboxylic acids is 1. The molecule has 1 saturated heterocycles. The summed E-state index contributed by atoms with van der Waals surface area (Å²) in [5, 5.41) is 0.657. The van der Waals surface area contributed by atoms with Crippen LogP contribution in [0.1, 0.15) is 29.0 Å². The van der Waals surface area contributed by atoms with Crippen molar-refractivity contribution in [2.75, 3.05) is 25.2 Å². The normalized spacial score (nSPS) is 16.4. The van der Waals surface area contributed by atoms with E-state index in [2.05, 4.69) is 4.98 Å². The Balaban J connectivity index is 1.59. The average Bonchev–Trinajstić information content (AvgIpc) is 3.48. The zero-order chi connectivity index (χ0) is 20.7. The van der Waals surface area contributed by atoms with Crippen molar-refractivity contribution < 1.29 is 14.3 Å². The summed E-state index contributed by atoms with van der Waals surface area (Å²) in [7, 11) is 1.63. The molecule has 8 heteroatoms. The Hall–Kier alpha value is -2.97. The molecule has 3 aromatic heterocycles. The lowest BCUT2D eigenvalue weighted by molar-refractivity contribution is 0.0912. The molecule has 4 heterocycles. The number of anilines is 1. The Bertz CT molecular complexity index is 1230. The molecule has 1 amide bonds. The van der Waals surface area contributed by atoms with Crippen LogP contribution in [0.3, 0.4) is 0 Å². The number of aromatic nitrogens is 3. The third-order valence-electron chi connectivity index (χ3n) is 5.38. The van der Waals surface area contributed by atoms with Crippen LogP contribution in [0.25, 0.3) is 15.9 Å². The molecule has 0 saturated carbocycles. The van der Waals surface area contributed by atoms with Crippen LogP contribution in [0.4, 0.5) is 5.13 Å². The molecule has 0 radical (unpaired) electrons. The topological polar surface area (TPSA) is 69.0 Å². The largest absolute Gasteiger partial charge is 0.497 e. The van der Waals surface area contributed by atoms with Crippen molar-refractivity contribution >= 4 is 38.2 Å². The second kappa shape index (κ2) is 7.70. The third-order valence-corrected chi connectivity index (χ3v) is 6.44. The molecular weight excluding hydrogens is 400 g/mol. The molecule has 0 N–H and O–H groups in total. The van der Waals surface area contributed by atoms with Gasteiger partial charge in [0.05, 0.1) is 35.7 Å². The number of imidazole rings is 1. The van der Waals surface area contributed by atoms with Gasteiger partial charge in [-0.2, -0.15) is 0 Å². The Morgan fingerprint density at radius 1 is 1.33 bits per heavy atom. The maximum absolute atomic E-state index is 13.8. The molecule has 30 heavy (non-hydrogen) atoms. The van der Waals surface area contributed by atoms with Crippen LogP contribution in [-0.4, -0.2) is 46.6 Å². The summed E-state index contributed by atoms with van der Waals surface area (Å²) >= 11 is 1.50. The number of ether oxygens (including phenoxy) is 2. The summed E-state index contributed by atoms with van der Waals surface area (Å²) in [5.74, 6) is 0.627. The van der Waals surface area contributed by atoms with Gasteiger partial charge in [0.1, 0.15) is 17.1 Å². The summed E-state index contributed by atoms with van der Waals surface area (Å²) in [6, 6.07) is 11.5. The molecule has 5 rings (SSSR count). The van der Waals surface area contributed by atoms with E-state index in [0.717, 1.165) is 41.1 Å². The number of hydrogen-bond donors (Lipinski definition) is 0. The summed E-state index contributed by atoms with van der Waals surface area (Å²) in [6.07, 6.45) is 3.83. The van der Waals surface area contributed by atoms with Gasteiger partial charge in [0.15, 0.2) is 5.13 Å². The minimum atomic E-state index is -0.118. The molecular formula is C22H22N4O3S. The Labute approximate surface area is 177 Å². The Kier molecular flexibility index (Phi) is 4.88. The summed E-state index contributed by atoms with van der Waals surface area (Å²) in [6.45, 7) is 3.07. The predicted octanol–water partition coefficient (Wildman–Crippen LogP) is 4.09. The first-order chi connectivity index (χ1) is 14.6. The highest BCUT2D eigenvalue weighted by molar-refractivity contribution is 7.22. The molecule has 1 atom stereocenters. The maximum atomic E-state index is 13.8. The molecule has 1 aliphatic rings. The molecule has 4 aromatic rings. The van der Waals surface area contributed by atoms with Crippen LogP contribution in [0, 0.1) is 6.92 Å². The minimum Gasteiger partial charge on any atom is -0.497 e. The number of aryl methyl sites for hydroxylation is 1. The number of nitrogens with zero attached hydrogens (tertiary/aromatic N) is 4. The van der Waals surface area contributed by atoms with E-state index < -0.39 is 0 Å². The van der Waals surface area contributed by atoms with Crippen LogP contribution in [0.5, 0.6) is 5.75 Å². The molecule has 1 aliphatic heterocycles. The molecule has 1 unspecified atom stereocenters. The van der Waals surface area contributed by atoms with E-state index in [0.29, 0.717) is 23.1 Å². The molecule has 0 spiro atoms. The van der Waals surface area contributed by atoms with Crippen molar-refractivity contribution in [1.82, 2.24) is 14.4 Å². The number of amides is 1. The second-order valence-corrected chi connectivity index (χ2v) is 8.36. The zero-order valence-corrected chi connectivity index (χ0v) is 17.7. The standard InChI is InChI=1S/C22H22N4O3S/c1-14-20(25-10-4-3-7-19(25)23-14)21(27)26(13-16-6-5-11-29-16)22-24-17-12-15(28-2)8-9-18(17)30-22/h3-4,7-10,12,16H,5-6,11,13H2,1-2H3. The SMILES string of the molecule is COc1ccc2sc(N(CC3CCCO3)C(=O)c3c(C)nc4ccccn34)nc2c1. The number of pyridine rings is 1. The molecule has 0 aliphatic carbocycles. The van der Waals surface area contributed by atoms with Crippen LogP contribution in [-0.2, 0) is 4.74 Å². The van der Waals surface area contributed by atoms with Gasteiger partial charge in [-0.3, -0.25) is 14.1 Å². The number of fused-ring (bicyclic) bond motifs is 2. The lowest BCUT2D eigenvalue weighted by atomic mass is 10.2. The summed E-state index contributed by atoms with van der Waals surface area (Å²) in [4.78, 5) is 24.8. The van der Waals surface area contributed by atoms with Crippen LogP contribution in [0.15, 0.2) is 42.6 Å². The van der Waals surface area contributed by atoms with E-state index in [-0.39, 0.29) is 12.0 Å². The first-order valence-electron chi connectivity index (χ1n) is 9.96. The monoisotopic (exact) mass is 422 g/mol. The molecule has 154 valence electrons. The van der Waals surface area contributed by atoms with E-state index in [1.165, 1.54) is 11.3 Å². The first-order valence-corrected chi connectivity index (χ1v) is 10.8. The van der Waals surface area contributed by atoms with Gasteiger partial charge in [0, 0.05) is 18.9 Å². The summed E-state index contributed by atoms with van der Waals surface area (Å²) < 4.78 is 14.0. The molecule has 7 nitrogen and oxygen atoms in total. The number of thiazole rings is 1. The second-order valence-electron chi connectivity index (χ2n) is 7.36. The average molecular weight is 423 g/mol. The van der Waals surface area contributed by atoms with Gasteiger partial charge in [-0.25, -0.2) is 9.97 Å². The van der Waals surface area contributed by atoms with E-state index >= 15 is 0 Å². The number of carbonyl (C=O) groups is 1. The lowest BCUT2D eigenvalue weighted by Gasteiger charge is -2.23. The van der Waals surface area contributed by atoms with Gasteiger partial charge >= 0.3 is 0 Å². The van der Waals surface area contributed by atoms with Gasteiger partial charge in [-0.05, 0) is 44.0 Å². The molecule has 1 aromatic carbocycles. The van der Waals surface area contributed by atoms with Gasteiger partial charge in [0.25, 0.3) is 5.91 Å². The van der Waals surface area contributed by atoms with E-state index in [9.17, 15) is 4.79 Å². The van der Waals surface area contributed by atoms with Gasteiger partial charge in [-0.15, -0.1) is 0 Å². The van der Waals surface area contributed by atoms with Crippen LogP contribution >= 0.6 is 11.3 Å². The molecule has 1 fully saturated rings. The highest BCUT2D eigenvalue weighted by Crippen LogP contribution is 2.33. The van der Waals surface area contributed by atoms with Crippen LogP contribution < -0.4 is 9.64 Å². The van der Waals surface area contributed by atoms with Crippen molar-refractivity contribution in [3.05, 3.63) is 54.0 Å². The zero-order valence-electron chi connectivity index (χ0n) is 16.9. The van der Waals surface area contributed by atoms with Crippen molar-refractivity contribution in [3.63, 3.8) is 0 Å². The number of benzene rings is 1. The number of methoxy groups -OCH3 is 1. The lowest BCUT2D eigenvalue weighted by Crippen LogP contribution is -2.38. The van der Waals surface area contributed by atoms with Crippen LogP contribution in [0.2, 0.25) is 0 Å². The van der Waals surface area contributed by atoms with Gasteiger partial charge in [0.2, 0.25) is 0 Å². The van der Waals surface area contributed by atoms with Gasteiger partial charge < -0.3 is 9.47 Å². The molecule has 0 bridgehead atoms.